The molecule has 4 heteroatoms. The number of piperazine rings is 1. The highest BCUT2D eigenvalue weighted by Gasteiger charge is 2.42. The van der Waals surface area contributed by atoms with Gasteiger partial charge in [0.15, 0.2) is 0 Å². The van der Waals surface area contributed by atoms with Crippen molar-refractivity contribution in [3.63, 3.8) is 0 Å². The molecule has 0 aliphatic carbocycles. The van der Waals surface area contributed by atoms with Crippen LogP contribution in [0.25, 0.3) is 0 Å². The minimum absolute atomic E-state index is 0.478. The number of fused-ring (bicyclic) bond motifs is 2. The third-order valence-electron chi connectivity index (χ3n) is 4.87. The molecule has 0 spiro atoms. The van der Waals surface area contributed by atoms with Gasteiger partial charge >= 0.3 is 0 Å². The second kappa shape index (κ2) is 6.15. The number of likely N-dealkylation sites (tertiary alicyclic amines) is 1. The minimum atomic E-state index is 0.478. The number of rotatable bonds is 5. The summed E-state index contributed by atoms with van der Waals surface area (Å²) in [5.41, 5.74) is 2.52. The zero-order valence-electron chi connectivity index (χ0n) is 13.2. The van der Waals surface area contributed by atoms with Gasteiger partial charge in [0.05, 0.1) is 6.61 Å². The Balaban J connectivity index is 1.69. The van der Waals surface area contributed by atoms with E-state index in [-0.39, 0.29) is 0 Å². The third kappa shape index (κ3) is 2.92. The van der Waals surface area contributed by atoms with Gasteiger partial charge in [-0.15, -0.1) is 0 Å². The van der Waals surface area contributed by atoms with Gasteiger partial charge in [-0.3, -0.25) is 4.90 Å². The van der Waals surface area contributed by atoms with E-state index in [1.807, 2.05) is 0 Å². The van der Waals surface area contributed by atoms with Gasteiger partial charge in [-0.05, 0) is 30.0 Å². The number of halogens is 1. The molecule has 0 aromatic heterocycles. The van der Waals surface area contributed by atoms with Gasteiger partial charge in [0, 0.05) is 49.5 Å². The highest BCUT2D eigenvalue weighted by molar-refractivity contribution is 6.31. The maximum absolute atomic E-state index is 6.45. The molecule has 1 aromatic rings. The molecule has 0 radical (unpaired) electrons. The van der Waals surface area contributed by atoms with Crippen LogP contribution in [0.2, 0.25) is 5.02 Å². The van der Waals surface area contributed by atoms with E-state index >= 15 is 0 Å². The molecule has 2 saturated heterocycles. The second-order valence-corrected chi connectivity index (χ2v) is 6.95. The van der Waals surface area contributed by atoms with E-state index in [1.165, 1.54) is 17.7 Å². The quantitative estimate of drug-likeness (QED) is 0.829. The van der Waals surface area contributed by atoms with Crippen molar-refractivity contribution in [1.82, 2.24) is 4.90 Å². The first-order valence-corrected chi connectivity index (χ1v) is 8.27. The van der Waals surface area contributed by atoms with Crippen LogP contribution in [0.1, 0.15) is 31.7 Å². The Morgan fingerprint density at radius 3 is 2.67 bits per heavy atom. The zero-order chi connectivity index (χ0) is 15.0. The fourth-order valence-electron chi connectivity index (χ4n) is 3.71. The van der Waals surface area contributed by atoms with E-state index in [0.29, 0.717) is 18.0 Å². The Morgan fingerprint density at radius 1 is 1.29 bits per heavy atom. The molecule has 2 unspecified atom stereocenters. The summed E-state index contributed by atoms with van der Waals surface area (Å²) in [7, 11) is 1.78. The van der Waals surface area contributed by atoms with Gasteiger partial charge in [0.1, 0.15) is 0 Å². The second-order valence-electron chi connectivity index (χ2n) is 6.54. The van der Waals surface area contributed by atoms with Gasteiger partial charge in [0.25, 0.3) is 0 Å². The van der Waals surface area contributed by atoms with Crippen molar-refractivity contribution in [3.8, 4) is 0 Å². The first kappa shape index (κ1) is 15.1. The molecular weight excluding hydrogens is 284 g/mol. The van der Waals surface area contributed by atoms with E-state index in [4.69, 9.17) is 16.3 Å². The van der Waals surface area contributed by atoms with Crippen molar-refractivity contribution in [2.75, 3.05) is 38.3 Å². The number of hydrogen-bond acceptors (Lipinski definition) is 3. The summed E-state index contributed by atoms with van der Waals surface area (Å²) in [5, 5.41) is 0.904. The average Bonchev–Trinajstić information content (AvgIpc) is 3.04. The molecule has 116 valence electrons. The Labute approximate surface area is 132 Å². The maximum atomic E-state index is 6.45. The molecule has 0 N–H and O–H groups in total. The van der Waals surface area contributed by atoms with E-state index < -0.39 is 0 Å². The normalized spacial score (nSPS) is 25.3. The summed E-state index contributed by atoms with van der Waals surface area (Å²) in [6.07, 6.45) is 1.27. The molecule has 2 aliphatic rings. The number of nitrogens with zero attached hydrogens (tertiary/aromatic N) is 2. The molecule has 0 amide bonds. The van der Waals surface area contributed by atoms with Crippen LogP contribution in [0.4, 0.5) is 5.69 Å². The Kier molecular flexibility index (Phi) is 4.43. The lowest BCUT2D eigenvalue weighted by Gasteiger charge is -2.35. The smallest absolute Gasteiger partial charge is 0.0589 e. The summed E-state index contributed by atoms with van der Waals surface area (Å²) in [4.78, 5) is 5.10. The van der Waals surface area contributed by atoms with Gasteiger partial charge in [0.2, 0.25) is 0 Å². The zero-order valence-corrected chi connectivity index (χ0v) is 13.9. The van der Waals surface area contributed by atoms with Gasteiger partial charge in [-0.1, -0.05) is 31.5 Å². The Bertz CT molecular complexity index is 506. The number of methoxy groups -OCH3 is 1. The molecule has 2 atom stereocenters. The molecule has 3 nitrogen and oxygen atoms in total. The van der Waals surface area contributed by atoms with Crippen LogP contribution in [0.3, 0.4) is 0 Å². The van der Waals surface area contributed by atoms with Crippen LogP contribution in [-0.4, -0.2) is 50.3 Å². The highest BCUT2D eigenvalue weighted by atomic mass is 35.5. The van der Waals surface area contributed by atoms with Crippen molar-refractivity contribution in [2.24, 2.45) is 0 Å². The van der Waals surface area contributed by atoms with Gasteiger partial charge in [-0.25, -0.2) is 0 Å². The van der Waals surface area contributed by atoms with Gasteiger partial charge < -0.3 is 9.64 Å². The first-order chi connectivity index (χ1) is 10.1. The Hall–Kier alpha value is -0.770. The predicted molar refractivity (Wildman–Crippen MR) is 88.5 cm³/mol. The summed E-state index contributed by atoms with van der Waals surface area (Å²) in [6, 6.07) is 7.89. The maximum Gasteiger partial charge on any atom is 0.0589 e. The van der Waals surface area contributed by atoms with Crippen molar-refractivity contribution >= 4 is 17.3 Å². The largest absolute Gasteiger partial charge is 0.383 e. The summed E-state index contributed by atoms with van der Waals surface area (Å²) in [6.45, 7) is 8.53. The molecule has 2 bridgehead atoms. The standard InChI is InChI=1S/C17H25ClN2O/c1-12(2)16-5-4-13(9-17(16)18)20-11-14-8-15(20)10-19(14)6-7-21-3/h4-5,9,12,14-15H,6-8,10-11H2,1-3H3. The molecule has 0 saturated carbocycles. The van der Waals surface area contributed by atoms with Crippen molar-refractivity contribution < 1.29 is 4.74 Å². The summed E-state index contributed by atoms with van der Waals surface area (Å²) >= 11 is 6.45. The fourth-order valence-corrected chi connectivity index (χ4v) is 4.10. The van der Waals surface area contributed by atoms with Crippen LogP contribution in [0.5, 0.6) is 0 Å². The predicted octanol–water partition coefficient (Wildman–Crippen LogP) is 3.37. The third-order valence-corrected chi connectivity index (χ3v) is 5.20. The highest BCUT2D eigenvalue weighted by Crippen LogP contribution is 2.36. The first-order valence-electron chi connectivity index (χ1n) is 7.89. The molecule has 3 rings (SSSR count). The molecule has 2 fully saturated rings. The molecule has 2 aliphatic heterocycles. The van der Waals surface area contributed by atoms with E-state index in [1.54, 1.807) is 7.11 Å². The van der Waals surface area contributed by atoms with Crippen LogP contribution in [0.15, 0.2) is 18.2 Å². The monoisotopic (exact) mass is 308 g/mol. The Morgan fingerprint density at radius 2 is 2.10 bits per heavy atom. The van der Waals surface area contributed by atoms with Crippen LogP contribution in [0, 0.1) is 0 Å². The average molecular weight is 309 g/mol. The number of hydrogen-bond donors (Lipinski definition) is 0. The van der Waals surface area contributed by atoms with E-state index in [0.717, 1.165) is 31.3 Å². The fraction of sp³-hybridized carbons (Fsp3) is 0.647. The van der Waals surface area contributed by atoms with Crippen molar-refractivity contribution in [1.29, 1.82) is 0 Å². The van der Waals surface area contributed by atoms with E-state index in [2.05, 4.69) is 41.8 Å². The van der Waals surface area contributed by atoms with E-state index in [9.17, 15) is 0 Å². The lowest BCUT2D eigenvalue weighted by Crippen LogP contribution is -2.47. The number of ether oxygens (including phenoxy) is 1. The van der Waals surface area contributed by atoms with Gasteiger partial charge in [-0.2, -0.15) is 0 Å². The van der Waals surface area contributed by atoms with Crippen molar-refractivity contribution in [3.05, 3.63) is 28.8 Å². The lowest BCUT2D eigenvalue weighted by atomic mass is 10.0. The SMILES string of the molecule is COCCN1CC2CC1CN2c1ccc(C(C)C)c(Cl)c1. The lowest BCUT2D eigenvalue weighted by molar-refractivity contribution is 0.136. The topological polar surface area (TPSA) is 15.7 Å². The molecule has 21 heavy (non-hydrogen) atoms. The summed E-state index contributed by atoms with van der Waals surface area (Å²) < 4.78 is 5.20. The van der Waals surface area contributed by atoms with Crippen LogP contribution < -0.4 is 4.90 Å². The minimum Gasteiger partial charge on any atom is -0.383 e. The number of anilines is 1. The molecular formula is C17H25ClN2O. The number of benzene rings is 1. The molecule has 1 aromatic carbocycles. The molecule has 2 heterocycles. The summed E-state index contributed by atoms with van der Waals surface area (Å²) in [5.74, 6) is 0.478. The van der Waals surface area contributed by atoms with Crippen LogP contribution >= 0.6 is 11.6 Å². The van der Waals surface area contributed by atoms with Crippen molar-refractivity contribution in [2.45, 2.75) is 38.3 Å². The van der Waals surface area contributed by atoms with Crippen LogP contribution in [-0.2, 0) is 4.74 Å².